The van der Waals surface area contributed by atoms with Crippen LogP contribution in [0.15, 0.2) is 23.1 Å². The number of nitrogens with two attached hydrogens (primary N) is 1. The lowest BCUT2D eigenvalue weighted by Gasteiger charge is -2.11. The van der Waals surface area contributed by atoms with Crippen molar-refractivity contribution in [1.82, 2.24) is 4.72 Å². The Bertz CT molecular complexity index is 611. The molecule has 0 aliphatic carbocycles. The normalized spacial score (nSPS) is 11.6. The van der Waals surface area contributed by atoms with Crippen LogP contribution in [-0.4, -0.2) is 21.5 Å². The van der Waals surface area contributed by atoms with Gasteiger partial charge in [0.15, 0.2) is 0 Å². The number of alkyl halides is 3. The Morgan fingerprint density at radius 2 is 1.95 bits per heavy atom. The van der Waals surface area contributed by atoms with Gasteiger partial charge in [-0.25, -0.2) is 13.1 Å². The number of hydrogen-bond donors (Lipinski definition) is 2. The highest BCUT2D eigenvalue weighted by Crippen LogP contribution is 2.32. The molecular formula is C10H11ClF3N3O2S. The Morgan fingerprint density at radius 1 is 1.35 bits per heavy atom. The van der Waals surface area contributed by atoms with E-state index < -0.39 is 32.2 Å². The van der Waals surface area contributed by atoms with Crippen molar-refractivity contribution in [3.05, 3.63) is 29.3 Å². The summed E-state index contributed by atoms with van der Waals surface area (Å²) in [5.41, 5.74) is 3.20. The fourth-order valence-electron chi connectivity index (χ4n) is 1.31. The molecule has 0 atom stereocenters. The van der Waals surface area contributed by atoms with Crippen molar-refractivity contribution < 1.29 is 21.6 Å². The van der Waals surface area contributed by atoms with Crippen LogP contribution in [0.1, 0.15) is 11.1 Å². The highest BCUT2D eigenvalue weighted by atomic mass is 35.5. The largest absolute Gasteiger partial charge is 0.417 e. The molecule has 0 bridgehead atoms. The molecule has 0 heterocycles. The van der Waals surface area contributed by atoms with Crippen molar-refractivity contribution in [3.8, 4) is 6.07 Å². The first kappa shape index (κ1) is 18.7. The Hall–Kier alpha value is -1.34. The highest BCUT2D eigenvalue weighted by Gasteiger charge is 2.34. The van der Waals surface area contributed by atoms with Gasteiger partial charge in [0, 0.05) is 13.1 Å². The van der Waals surface area contributed by atoms with Crippen molar-refractivity contribution in [1.29, 1.82) is 5.26 Å². The number of benzene rings is 1. The van der Waals surface area contributed by atoms with E-state index in [0.29, 0.717) is 12.1 Å². The maximum atomic E-state index is 12.5. The van der Waals surface area contributed by atoms with E-state index in [1.54, 1.807) is 0 Å². The summed E-state index contributed by atoms with van der Waals surface area (Å²) in [4.78, 5) is -0.412. The minimum absolute atomic E-state index is 0. The van der Waals surface area contributed by atoms with Crippen LogP contribution in [0.2, 0.25) is 0 Å². The standard InChI is InChI=1S/C10H10F3N3O2S.ClH/c11-10(12,13)9-2-1-8(5-7(9)6-15)19(17,18)16-4-3-14;/h1-2,5,16H,3-4,14H2;1H. The molecule has 0 saturated carbocycles. The summed E-state index contributed by atoms with van der Waals surface area (Å²) in [6.45, 7) is -0.00376. The second kappa shape index (κ2) is 6.90. The van der Waals surface area contributed by atoms with Crippen LogP contribution in [-0.2, 0) is 16.2 Å². The van der Waals surface area contributed by atoms with Gasteiger partial charge in [-0.05, 0) is 18.2 Å². The summed E-state index contributed by atoms with van der Waals surface area (Å²) < 4.78 is 63.0. The second-order valence-electron chi connectivity index (χ2n) is 3.50. The summed E-state index contributed by atoms with van der Waals surface area (Å²) in [5.74, 6) is 0. The van der Waals surface area contributed by atoms with E-state index in [2.05, 4.69) is 4.72 Å². The number of nitrogens with zero attached hydrogens (tertiary/aromatic N) is 1. The minimum Gasteiger partial charge on any atom is -0.329 e. The second-order valence-corrected chi connectivity index (χ2v) is 5.27. The molecule has 112 valence electrons. The van der Waals surface area contributed by atoms with Crippen LogP contribution >= 0.6 is 12.4 Å². The molecule has 0 aromatic heterocycles. The molecule has 0 spiro atoms. The van der Waals surface area contributed by atoms with Crippen molar-refractivity contribution in [3.63, 3.8) is 0 Å². The summed E-state index contributed by atoms with van der Waals surface area (Å²) in [7, 11) is -3.97. The van der Waals surface area contributed by atoms with Crippen LogP contribution in [0.5, 0.6) is 0 Å². The smallest absolute Gasteiger partial charge is 0.329 e. The van der Waals surface area contributed by atoms with Gasteiger partial charge in [0.25, 0.3) is 0 Å². The number of hydrogen-bond acceptors (Lipinski definition) is 4. The lowest BCUT2D eigenvalue weighted by molar-refractivity contribution is -0.137. The van der Waals surface area contributed by atoms with E-state index in [1.807, 2.05) is 0 Å². The van der Waals surface area contributed by atoms with Gasteiger partial charge in [-0.2, -0.15) is 18.4 Å². The van der Waals surface area contributed by atoms with Crippen molar-refractivity contribution in [2.45, 2.75) is 11.1 Å². The topological polar surface area (TPSA) is 96.0 Å². The molecule has 1 aromatic carbocycles. The number of nitrogens with one attached hydrogen (secondary N) is 1. The third kappa shape index (κ3) is 4.35. The van der Waals surface area contributed by atoms with Gasteiger partial charge >= 0.3 is 6.18 Å². The number of sulfonamides is 1. The molecular weight excluding hydrogens is 319 g/mol. The molecule has 0 fully saturated rings. The molecule has 0 aliphatic rings. The summed E-state index contributed by atoms with van der Waals surface area (Å²) in [6.07, 6.45) is -4.71. The first-order chi connectivity index (χ1) is 8.72. The lowest BCUT2D eigenvalue weighted by Crippen LogP contribution is -2.29. The van der Waals surface area contributed by atoms with Crippen LogP contribution in [0.3, 0.4) is 0 Å². The fourth-order valence-corrected chi connectivity index (χ4v) is 2.38. The third-order valence-electron chi connectivity index (χ3n) is 2.16. The van der Waals surface area contributed by atoms with Gasteiger partial charge in [-0.15, -0.1) is 12.4 Å². The zero-order valence-electron chi connectivity index (χ0n) is 9.94. The van der Waals surface area contributed by atoms with Gasteiger partial charge < -0.3 is 5.73 Å². The Labute approximate surface area is 120 Å². The van der Waals surface area contributed by atoms with Gasteiger partial charge in [-0.3, -0.25) is 0 Å². The van der Waals surface area contributed by atoms with E-state index in [0.717, 1.165) is 6.07 Å². The lowest BCUT2D eigenvalue weighted by atomic mass is 10.1. The van der Waals surface area contributed by atoms with Crippen molar-refractivity contribution >= 4 is 22.4 Å². The first-order valence-corrected chi connectivity index (χ1v) is 6.52. The molecule has 20 heavy (non-hydrogen) atoms. The summed E-state index contributed by atoms with van der Waals surface area (Å²) in [6, 6.07) is 3.38. The highest BCUT2D eigenvalue weighted by molar-refractivity contribution is 7.89. The average molecular weight is 330 g/mol. The van der Waals surface area contributed by atoms with Crippen LogP contribution in [0.25, 0.3) is 0 Å². The fraction of sp³-hybridized carbons (Fsp3) is 0.300. The monoisotopic (exact) mass is 329 g/mol. The van der Waals surface area contributed by atoms with Gasteiger partial charge in [0.05, 0.1) is 22.1 Å². The van der Waals surface area contributed by atoms with Crippen LogP contribution < -0.4 is 10.5 Å². The maximum absolute atomic E-state index is 12.5. The maximum Gasteiger partial charge on any atom is 0.417 e. The zero-order valence-corrected chi connectivity index (χ0v) is 11.6. The Kier molecular flexibility index (Phi) is 6.43. The van der Waals surface area contributed by atoms with Gasteiger partial charge in [-0.1, -0.05) is 0 Å². The van der Waals surface area contributed by atoms with E-state index in [1.165, 1.54) is 6.07 Å². The van der Waals surface area contributed by atoms with E-state index in [9.17, 15) is 21.6 Å². The van der Waals surface area contributed by atoms with Gasteiger partial charge in [0.1, 0.15) is 0 Å². The zero-order chi connectivity index (χ0) is 14.7. The number of rotatable bonds is 4. The van der Waals surface area contributed by atoms with Crippen molar-refractivity contribution in [2.24, 2.45) is 5.73 Å². The molecule has 1 rings (SSSR count). The average Bonchev–Trinajstić information content (AvgIpc) is 2.34. The first-order valence-electron chi connectivity index (χ1n) is 5.03. The predicted molar refractivity (Wildman–Crippen MR) is 67.6 cm³/mol. The summed E-state index contributed by atoms with van der Waals surface area (Å²) >= 11 is 0. The van der Waals surface area contributed by atoms with Crippen LogP contribution in [0.4, 0.5) is 13.2 Å². The molecule has 1 aromatic rings. The molecule has 0 saturated heterocycles. The molecule has 5 nitrogen and oxygen atoms in total. The molecule has 3 N–H and O–H groups in total. The van der Waals surface area contributed by atoms with E-state index in [-0.39, 0.29) is 25.5 Å². The van der Waals surface area contributed by atoms with E-state index in [4.69, 9.17) is 11.0 Å². The van der Waals surface area contributed by atoms with Crippen LogP contribution in [0, 0.1) is 11.3 Å². The summed E-state index contributed by atoms with van der Waals surface area (Å²) in [5, 5.41) is 8.66. The molecule has 0 aliphatic heterocycles. The molecule has 0 unspecified atom stereocenters. The van der Waals surface area contributed by atoms with E-state index >= 15 is 0 Å². The van der Waals surface area contributed by atoms with Crippen molar-refractivity contribution in [2.75, 3.05) is 13.1 Å². The predicted octanol–water partition coefficient (Wildman–Crippen LogP) is 1.24. The minimum atomic E-state index is -4.71. The molecule has 0 amide bonds. The molecule has 10 heteroatoms. The Morgan fingerprint density at radius 3 is 2.40 bits per heavy atom. The SMILES string of the molecule is Cl.N#Cc1cc(S(=O)(=O)NCCN)ccc1C(F)(F)F. The number of halogens is 4. The quantitative estimate of drug-likeness (QED) is 0.868. The Balaban J connectivity index is 0.00000361. The molecule has 0 radical (unpaired) electrons. The number of nitriles is 1. The van der Waals surface area contributed by atoms with Gasteiger partial charge in [0.2, 0.25) is 10.0 Å². The third-order valence-corrected chi connectivity index (χ3v) is 3.62.